The minimum atomic E-state index is -0.357. The van der Waals surface area contributed by atoms with Crippen LogP contribution in [0.3, 0.4) is 0 Å². The van der Waals surface area contributed by atoms with Gasteiger partial charge in [-0.2, -0.15) is 0 Å². The van der Waals surface area contributed by atoms with Crippen molar-refractivity contribution in [2.75, 3.05) is 0 Å². The van der Waals surface area contributed by atoms with Gasteiger partial charge in [-0.25, -0.2) is 4.79 Å². The molecule has 3 heteroatoms. The fourth-order valence-corrected chi connectivity index (χ4v) is 0.900. The van der Waals surface area contributed by atoms with Crippen LogP contribution in [0, 0.1) is 0 Å². The number of rotatable bonds is 3. The summed E-state index contributed by atoms with van der Waals surface area (Å²) in [6, 6.07) is 0. The van der Waals surface area contributed by atoms with Crippen molar-refractivity contribution < 1.29 is 9.53 Å². The maximum absolute atomic E-state index is 11.1. The fraction of sp³-hybridized carbons (Fsp3) is 0.700. The van der Waals surface area contributed by atoms with Crippen LogP contribution >= 0.6 is 0 Å². The Morgan fingerprint density at radius 2 is 1.92 bits per heavy atom. The zero-order chi connectivity index (χ0) is 10.6. The molecule has 1 unspecified atom stereocenters. The summed E-state index contributed by atoms with van der Waals surface area (Å²) in [7, 11) is 0. The van der Waals surface area contributed by atoms with E-state index < -0.39 is 0 Å². The molecule has 0 spiro atoms. The van der Waals surface area contributed by atoms with Gasteiger partial charge in [-0.05, 0) is 34.6 Å². The third-order valence-electron chi connectivity index (χ3n) is 1.27. The molecule has 1 atom stereocenters. The van der Waals surface area contributed by atoms with E-state index in [1.165, 1.54) is 0 Å². The highest BCUT2D eigenvalue weighted by molar-refractivity contribution is 5.87. The van der Waals surface area contributed by atoms with Crippen molar-refractivity contribution in [3.05, 3.63) is 12.2 Å². The van der Waals surface area contributed by atoms with Crippen LogP contribution in [0.4, 0.5) is 0 Å². The lowest BCUT2D eigenvalue weighted by molar-refractivity contribution is -0.145. The lowest BCUT2D eigenvalue weighted by Crippen LogP contribution is -2.44. The predicted octanol–water partition coefficient (Wildman–Crippen LogP) is 1.84. The molecule has 0 aliphatic heterocycles. The van der Waals surface area contributed by atoms with E-state index in [0.717, 1.165) is 0 Å². The van der Waals surface area contributed by atoms with Crippen molar-refractivity contribution in [2.24, 2.45) is 0 Å². The Morgan fingerprint density at radius 3 is 2.23 bits per heavy atom. The molecule has 0 aliphatic carbocycles. The van der Waals surface area contributed by atoms with E-state index >= 15 is 0 Å². The van der Waals surface area contributed by atoms with Gasteiger partial charge in [0.1, 0.15) is 0 Å². The first-order valence-corrected chi connectivity index (χ1v) is 4.36. The van der Waals surface area contributed by atoms with Gasteiger partial charge < -0.3 is 4.74 Å². The highest BCUT2D eigenvalue weighted by atomic mass is 16.6. The van der Waals surface area contributed by atoms with Crippen molar-refractivity contribution in [1.82, 2.24) is 5.32 Å². The Kier molecular flexibility index (Phi) is 4.14. The van der Waals surface area contributed by atoms with E-state index in [0.29, 0.717) is 5.57 Å². The molecule has 13 heavy (non-hydrogen) atoms. The lowest BCUT2D eigenvalue weighted by atomic mass is 10.1. The first-order chi connectivity index (χ1) is 5.72. The molecule has 0 bridgehead atoms. The number of nitrogens with one attached hydrogen (secondary N) is 1. The third-order valence-corrected chi connectivity index (χ3v) is 1.27. The SMILES string of the molecule is C=C(C)C(=O)OC(C)NC(C)(C)C. The van der Waals surface area contributed by atoms with Crippen molar-refractivity contribution in [3.8, 4) is 0 Å². The van der Waals surface area contributed by atoms with E-state index in [2.05, 4.69) is 11.9 Å². The number of ether oxygens (including phenoxy) is 1. The van der Waals surface area contributed by atoms with Gasteiger partial charge in [-0.1, -0.05) is 6.58 Å². The summed E-state index contributed by atoms with van der Waals surface area (Å²) < 4.78 is 5.04. The van der Waals surface area contributed by atoms with Crippen LogP contribution in [0.5, 0.6) is 0 Å². The van der Waals surface area contributed by atoms with Crippen LogP contribution in [-0.2, 0) is 9.53 Å². The van der Waals surface area contributed by atoms with E-state index in [9.17, 15) is 4.79 Å². The van der Waals surface area contributed by atoms with E-state index in [-0.39, 0.29) is 17.7 Å². The Hall–Kier alpha value is -0.830. The number of carbonyl (C=O) groups excluding carboxylic acids is 1. The number of carbonyl (C=O) groups is 1. The van der Waals surface area contributed by atoms with Crippen molar-refractivity contribution in [2.45, 2.75) is 46.4 Å². The molecule has 0 rings (SSSR count). The highest BCUT2D eigenvalue weighted by Gasteiger charge is 2.16. The number of hydrogen-bond donors (Lipinski definition) is 1. The molecule has 0 aromatic carbocycles. The maximum Gasteiger partial charge on any atom is 0.334 e. The average molecular weight is 185 g/mol. The van der Waals surface area contributed by atoms with Gasteiger partial charge >= 0.3 is 5.97 Å². The molecule has 0 saturated carbocycles. The summed E-state index contributed by atoms with van der Waals surface area (Å²) in [5.41, 5.74) is 0.358. The zero-order valence-electron chi connectivity index (χ0n) is 9.10. The molecule has 0 amide bonds. The Bertz CT molecular complexity index is 203. The second-order valence-corrected chi connectivity index (χ2v) is 4.22. The van der Waals surface area contributed by atoms with Gasteiger partial charge in [-0.3, -0.25) is 5.32 Å². The molecule has 0 aromatic rings. The molecular formula is C10H19NO2. The molecule has 0 fully saturated rings. The maximum atomic E-state index is 11.1. The van der Waals surface area contributed by atoms with E-state index in [4.69, 9.17) is 4.74 Å². The summed E-state index contributed by atoms with van der Waals surface area (Å²) >= 11 is 0. The minimum Gasteiger partial charge on any atom is -0.444 e. The molecule has 1 N–H and O–H groups in total. The van der Waals surface area contributed by atoms with Gasteiger partial charge in [-0.15, -0.1) is 0 Å². The van der Waals surface area contributed by atoms with Gasteiger partial charge in [0.15, 0.2) is 6.23 Å². The molecule has 3 nitrogen and oxygen atoms in total. The molecule has 0 radical (unpaired) electrons. The van der Waals surface area contributed by atoms with Gasteiger partial charge in [0.05, 0.1) is 0 Å². The lowest BCUT2D eigenvalue weighted by Gasteiger charge is -2.25. The van der Waals surface area contributed by atoms with Crippen LogP contribution < -0.4 is 5.32 Å². The monoisotopic (exact) mass is 185 g/mol. The molecule has 76 valence electrons. The quantitative estimate of drug-likeness (QED) is 0.414. The first-order valence-electron chi connectivity index (χ1n) is 4.36. The largest absolute Gasteiger partial charge is 0.444 e. The summed E-state index contributed by atoms with van der Waals surface area (Å²) in [5, 5.41) is 3.12. The molecular weight excluding hydrogens is 166 g/mol. The molecule has 0 heterocycles. The van der Waals surface area contributed by atoms with Gasteiger partial charge in [0.2, 0.25) is 0 Å². The molecule has 0 saturated heterocycles. The average Bonchev–Trinajstić information content (AvgIpc) is 1.81. The first kappa shape index (κ1) is 12.2. The van der Waals surface area contributed by atoms with E-state index in [1.807, 2.05) is 20.8 Å². The number of hydrogen-bond acceptors (Lipinski definition) is 3. The van der Waals surface area contributed by atoms with Crippen LogP contribution in [0.15, 0.2) is 12.2 Å². The summed E-state index contributed by atoms with van der Waals surface area (Å²) in [5.74, 6) is -0.357. The fourth-order valence-electron chi connectivity index (χ4n) is 0.900. The summed E-state index contributed by atoms with van der Waals surface area (Å²) in [6.45, 7) is 13.0. The summed E-state index contributed by atoms with van der Waals surface area (Å²) in [4.78, 5) is 11.1. The topological polar surface area (TPSA) is 38.3 Å². The van der Waals surface area contributed by atoms with Crippen molar-refractivity contribution >= 4 is 5.97 Å². The number of esters is 1. The normalized spacial score (nSPS) is 13.6. The van der Waals surface area contributed by atoms with Gasteiger partial charge in [0.25, 0.3) is 0 Å². The Labute approximate surface area is 80.2 Å². The van der Waals surface area contributed by atoms with Crippen LogP contribution in [0.2, 0.25) is 0 Å². The highest BCUT2D eigenvalue weighted by Crippen LogP contribution is 2.03. The molecule has 0 aromatic heterocycles. The Morgan fingerprint density at radius 1 is 1.46 bits per heavy atom. The van der Waals surface area contributed by atoms with Crippen molar-refractivity contribution in [1.29, 1.82) is 0 Å². The minimum absolute atomic E-state index is 0.0607. The predicted molar refractivity (Wildman–Crippen MR) is 53.3 cm³/mol. The van der Waals surface area contributed by atoms with Gasteiger partial charge in [0, 0.05) is 11.1 Å². The van der Waals surface area contributed by atoms with Crippen LogP contribution in [0.1, 0.15) is 34.6 Å². The van der Waals surface area contributed by atoms with Crippen molar-refractivity contribution in [3.63, 3.8) is 0 Å². The van der Waals surface area contributed by atoms with Crippen LogP contribution in [0.25, 0.3) is 0 Å². The third kappa shape index (κ3) is 6.34. The zero-order valence-corrected chi connectivity index (χ0v) is 9.10. The second-order valence-electron chi connectivity index (χ2n) is 4.22. The van der Waals surface area contributed by atoms with E-state index in [1.54, 1.807) is 13.8 Å². The Balaban J connectivity index is 3.95. The standard InChI is InChI=1S/C10H19NO2/c1-7(2)9(12)13-8(3)11-10(4,5)6/h8,11H,1H2,2-6H3. The summed E-state index contributed by atoms with van der Waals surface area (Å²) in [6.07, 6.45) is -0.288. The second kappa shape index (κ2) is 4.42. The van der Waals surface area contributed by atoms with Crippen LogP contribution in [-0.4, -0.2) is 17.7 Å². The molecule has 0 aliphatic rings. The smallest absolute Gasteiger partial charge is 0.334 e.